The van der Waals surface area contributed by atoms with Crippen molar-refractivity contribution in [2.75, 3.05) is 6.54 Å². The molecule has 1 N–H and O–H groups in total. The molecular weight excluding hydrogens is 386 g/mol. The maximum absolute atomic E-state index is 12.7. The molecule has 2 aromatic carbocycles. The first kappa shape index (κ1) is 20.5. The number of hydrogen-bond acceptors (Lipinski definition) is 5. The maximum atomic E-state index is 12.7. The van der Waals surface area contributed by atoms with E-state index < -0.39 is 12.1 Å². The fraction of sp³-hybridized carbons (Fsp3) is 0.174. The van der Waals surface area contributed by atoms with Gasteiger partial charge >= 0.3 is 5.97 Å². The van der Waals surface area contributed by atoms with Crippen LogP contribution < -0.4 is 5.32 Å². The van der Waals surface area contributed by atoms with Crippen LogP contribution in [0, 0.1) is 0 Å². The third-order valence-corrected chi connectivity index (χ3v) is 5.21. The first-order valence-corrected chi connectivity index (χ1v) is 10.1. The molecule has 0 unspecified atom stereocenters. The largest absolute Gasteiger partial charge is 0.449 e. The number of ether oxygens (including phenoxy) is 1. The predicted octanol–water partition coefficient (Wildman–Crippen LogP) is 3.88. The van der Waals surface area contributed by atoms with Gasteiger partial charge in [-0.3, -0.25) is 9.59 Å². The van der Waals surface area contributed by atoms with E-state index in [0.717, 1.165) is 5.56 Å². The van der Waals surface area contributed by atoms with Gasteiger partial charge in [-0.05, 0) is 36.4 Å². The molecule has 0 spiro atoms. The van der Waals surface area contributed by atoms with E-state index in [9.17, 15) is 14.4 Å². The van der Waals surface area contributed by atoms with Crippen molar-refractivity contribution >= 4 is 29.0 Å². The smallest absolute Gasteiger partial charge is 0.339 e. The standard InChI is InChI=1S/C23H21NO4S/c1-16(22(26)24-14-13-17-8-3-2-4-9-17)28-23(27)19-11-6-5-10-18(19)21(25)20-12-7-15-29-20/h2-12,15-16H,13-14H2,1H3,(H,24,26)/t16-/m0/s1. The van der Waals surface area contributed by atoms with Gasteiger partial charge in [0.2, 0.25) is 5.78 Å². The summed E-state index contributed by atoms with van der Waals surface area (Å²) in [7, 11) is 0. The van der Waals surface area contributed by atoms with Crippen LogP contribution in [0.25, 0.3) is 0 Å². The lowest BCUT2D eigenvalue weighted by Crippen LogP contribution is -2.37. The SMILES string of the molecule is C[C@H](OC(=O)c1ccccc1C(=O)c1cccs1)C(=O)NCCc1ccccc1. The summed E-state index contributed by atoms with van der Waals surface area (Å²) in [6, 6.07) is 19.7. The molecule has 6 heteroatoms. The highest BCUT2D eigenvalue weighted by molar-refractivity contribution is 7.12. The van der Waals surface area contributed by atoms with Crippen LogP contribution in [0.3, 0.4) is 0 Å². The molecule has 0 saturated heterocycles. The molecule has 0 radical (unpaired) electrons. The Hall–Kier alpha value is -3.25. The molecule has 148 valence electrons. The number of carbonyl (C=O) groups excluding carboxylic acids is 3. The summed E-state index contributed by atoms with van der Waals surface area (Å²) in [5.74, 6) is -1.32. The number of hydrogen-bond donors (Lipinski definition) is 1. The Morgan fingerprint density at radius 1 is 0.931 bits per heavy atom. The Morgan fingerprint density at radius 3 is 2.31 bits per heavy atom. The summed E-state index contributed by atoms with van der Waals surface area (Å²) in [6.45, 7) is 1.96. The van der Waals surface area contributed by atoms with Gasteiger partial charge in [0.05, 0.1) is 10.4 Å². The van der Waals surface area contributed by atoms with Crippen molar-refractivity contribution in [1.82, 2.24) is 5.32 Å². The van der Waals surface area contributed by atoms with Crippen molar-refractivity contribution in [2.45, 2.75) is 19.4 Å². The minimum atomic E-state index is -0.969. The van der Waals surface area contributed by atoms with Gasteiger partial charge in [0.1, 0.15) is 0 Å². The average molecular weight is 407 g/mol. The molecule has 1 heterocycles. The zero-order valence-corrected chi connectivity index (χ0v) is 16.8. The molecule has 0 saturated carbocycles. The molecule has 1 amide bonds. The molecule has 0 bridgehead atoms. The number of nitrogens with one attached hydrogen (secondary N) is 1. The summed E-state index contributed by atoms with van der Waals surface area (Å²) in [4.78, 5) is 38.0. The third-order valence-electron chi connectivity index (χ3n) is 4.35. The van der Waals surface area contributed by atoms with E-state index >= 15 is 0 Å². The zero-order valence-electron chi connectivity index (χ0n) is 16.0. The van der Waals surface area contributed by atoms with Gasteiger partial charge in [-0.1, -0.05) is 54.6 Å². The molecule has 0 aliphatic carbocycles. The topological polar surface area (TPSA) is 72.5 Å². The van der Waals surface area contributed by atoms with Gasteiger partial charge < -0.3 is 10.1 Å². The van der Waals surface area contributed by atoms with Gasteiger partial charge in [-0.25, -0.2) is 4.79 Å². The quantitative estimate of drug-likeness (QED) is 0.454. The van der Waals surface area contributed by atoms with Gasteiger partial charge in [0, 0.05) is 12.1 Å². The molecule has 1 aromatic heterocycles. The van der Waals surface area contributed by atoms with E-state index in [1.165, 1.54) is 24.3 Å². The molecule has 3 aromatic rings. The molecule has 0 aliphatic rings. The Bertz CT molecular complexity index is 983. The van der Waals surface area contributed by atoms with Crippen molar-refractivity contribution in [1.29, 1.82) is 0 Å². The van der Waals surface area contributed by atoms with Crippen LogP contribution >= 0.6 is 11.3 Å². The highest BCUT2D eigenvalue weighted by atomic mass is 32.1. The van der Waals surface area contributed by atoms with E-state index in [0.29, 0.717) is 17.8 Å². The van der Waals surface area contributed by atoms with Crippen LogP contribution in [0.15, 0.2) is 72.1 Å². The lowest BCUT2D eigenvalue weighted by molar-refractivity contribution is -0.129. The second-order valence-corrected chi connectivity index (χ2v) is 7.37. The van der Waals surface area contributed by atoms with Crippen molar-refractivity contribution in [3.63, 3.8) is 0 Å². The minimum absolute atomic E-state index is 0.148. The average Bonchev–Trinajstić information content (AvgIpc) is 3.28. The molecule has 3 rings (SSSR count). The molecule has 0 fully saturated rings. The van der Waals surface area contributed by atoms with E-state index in [1.807, 2.05) is 30.3 Å². The van der Waals surface area contributed by atoms with Crippen LogP contribution in [0.4, 0.5) is 0 Å². The number of amides is 1. The van der Waals surface area contributed by atoms with Gasteiger partial charge in [0.25, 0.3) is 5.91 Å². The van der Waals surface area contributed by atoms with Crippen LogP contribution in [-0.2, 0) is 16.0 Å². The van der Waals surface area contributed by atoms with Crippen molar-refractivity contribution in [2.24, 2.45) is 0 Å². The van der Waals surface area contributed by atoms with Crippen LogP contribution in [0.2, 0.25) is 0 Å². The highest BCUT2D eigenvalue weighted by Gasteiger charge is 2.23. The fourth-order valence-corrected chi connectivity index (χ4v) is 3.47. The van der Waals surface area contributed by atoms with Crippen LogP contribution in [0.1, 0.15) is 38.1 Å². The van der Waals surface area contributed by atoms with Crippen LogP contribution in [0.5, 0.6) is 0 Å². The predicted molar refractivity (Wildman–Crippen MR) is 112 cm³/mol. The zero-order chi connectivity index (χ0) is 20.6. The van der Waals surface area contributed by atoms with Crippen molar-refractivity contribution < 1.29 is 19.1 Å². The lowest BCUT2D eigenvalue weighted by atomic mass is 10.0. The minimum Gasteiger partial charge on any atom is -0.449 e. The first-order chi connectivity index (χ1) is 14.1. The van der Waals surface area contributed by atoms with Gasteiger partial charge in [-0.2, -0.15) is 0 Å². The molecule has 29 heavy (non-hydrogen) atoms. The Balaban J connectivity index is 1.59. The summed E-state index contributed by atoms with van der Waals surface area (Å²) in [5.41, 5.74) is 1.52. The monoisotopic (exact) mass is 407 g/mol. The van der Waals surface area contributed by atoms with Gasteiger partial charge in [0.15, 0.2) is 6.10 Å². The third kappa shape index (κ3) is 5.39. The normalized spacial score (nSPS) is 11.5. The molecular formula is C23H21NO4S. The fourth-order valence-electron chi connectivity index (χ4n) is 2.80. The number of benzene rings is 2. The van der Waals surface area contributed by atoms with E-state index in [2.05, 4.69) is 5.32 Å². The summed E-state index contributed by atoms with van der Waals surface area (Å²) < 4.78 is 5.31. The van der Waals surface area contributed by atoms with E-state index in [1.54, 1.807) is 35.7 Å². The number of carbonyl (C=O) groups is 3. The summed E-state index contributed by atoms with van der Waals surface area (Å²) in [6.07, 6.45) is -0.283. The number of rotatable bonds is 8. The Kier molecular flexibility index (Phi) is 6.92. The summed E-state index contributed by atoms with van der Waals surface area (Å²) >= 11 is 1.31. The van der Waals surface area contributed by atoms with Gasteiger partial charge in [-0.15, -0.1) is 11.3 Å². The number of esters is 1. The second kappa shape index (κ2) is 9.80. The van der Waals surface area contributed by atoms with Crippen molar-refractivity contribution in [3.05, 3.63) is 93.7 Å². The molecule has 5 nitrogen and oxygen atoms in total. The first-order valence-electron chi connectivity index (χ1n) is 9.26. The lowest BCUT2D eigenvalue weighted by Gasteiger charge is -2.15. The summed E-state index contributed by atoms with van der Waals surface area (Å²) in [5, 5.41) is 4.57. The second-order valence-electron chi connectivity index (χ2n) is 6.43. The Morgan fingerprint density at radius 2 is 1.62 bits per heavy atom. The number of ketones is 1. The maximum Gasteiger partial charge on any atom is 0.339 e. The molecule has 1 atom stereocenters. The van der Waals surface area contributed by atoms with E-state index in [-0.39, 0.29) is 22.8 Å². The highest BCUT2D eigenvalue weighted by Crippen LogP contribution is 2.19. The van der Waals surface area contributed by atoms with Crippen LogP contribution in [-0.4, -0.2) is 30.3 Å². The Labute approximate surface area is 173 Å². The van der Waals surface area contributed by atoms with E-state index in [4.69, 9.17) is 4.74 Å². The number of thiophene rings is 1. The van der Waals surface area contributed by atoms with Crippen molar-refractivity contribution in [3.8, 4) is 0 Å². The molecule has 0 aliphatic heterocycles.